The SMILES string of the molecule is Cc1cc(NC(=O)C2CCCc3sccc32)cnc1Cl. The molecule has 0 aliphatic heterocycles. The van der Waals surface area contributed by atoms with Gasteiger partial charge in [-0.05, 0) is 54.8 Å². The van der Waals surface area contributed by atoms with Crippen LogP contribution in [0.15, 0.2) is 23.7 Å². The summed E-state index contributed by atoms with van der Waals surface area (Å²) < 4.78 is 0. The number of halogens is 1. The third-order valence-electron chi connectivity index (χ3n) is 3.65. The van der Waals surface area contributed by atoms with Crippen molar-refractivity contribution in [3.05, 3.63) is 44.9 Å². The van der Waals surface area contributed by atoms with Gasteiger partial charge in [0.15, 0.2) is 0 Å². The van der Waals surface area contributed by atoms with Crippen molar-refractivity contribution in [2.24, 2.45) is 0 Å². The summed E-state index contributed by atoms with van der Waals surface area (Å²) in [5, 5.41) is 5.50. The third-order valence-corrected chi connectivity index (χ3v) is 5.04. The van der Waals surface area contributed by atoms with E-state index in [1.165, 1.54) is 10.4 Å². The highest BCUT2D eigenvalue weighted by Gasteiger charge is 2.27. The molecule has 0 radical (unpaired) electrons. The maximum atomic E-state index is 12.5. The Hall–Kier alpha value is -1.39. The van der Waals surface area contributed by atoms with Gasteiger partial charge in [-0.15, -0.1) is 11.3 Å². The van der Waals surface area contributed by atoms with Crippen LogP contribution in [0.3, 0.4) is 0 Å². The molecule has 104 valence electrons. The molecule has 1 atom stereocenters. The number of carbonyl (C=O) groups excluding carboxylic acids is 1. The van der Waals surface area contributed by atoms with Crippen LogP contribution < -0.4 is 5.32 Å². The number of amides is 1. The first-order valence-corrected chi connectivity index (χ1v) is 7.90. The Morgan fingerprint density at radius 2 is 2.40 bits per heavy atom. The zero-order valence-corrected chi connectivity index (χ0v) is 12.7. The lowest BCUT2D eigenvalue weighted by atomic mass is 9.87. The van der Waals surface area contributed by atoms with E-state index in [0.717, 1.165) is 24.8 Å². The normalized spacial score (nSPS) is 17.6. The number of anilines is 1. The van der Waals surface area contributed by atoms with Gasteiger partial charge < -0.3 is 5.32 Å². The van der Waals surface area contributed by atoms with E-state index in [-0.39, 0.29) is 11.8 Å². The fourth-order valence-electron chi connectivity index (χ4n) is 2.61. The minimum absolute atomic E-state index is 0.0408. The zero-order valence-electron chi connectivity index (χ0n) is 11.1. The molecule has 0 bridgehead atoms. The smallest absolute Gasteiger partial charge is 0.231 e. The molecule has 0 aromatic carbocycles. The van der Waals surface area contributed by atoms with Crippen LogP contribution in [-0.4, -0.2) is 10.9 Å². The predicted molar refractivity (Wildman–Crippen MR) is 82.6 cm³/mol. The number of pyridine rings is 1. The van der Waals surface area contributed by atoms with Crippen LogP contribution in [0.2, 0.25) is 5.15 Å². The van der Waals surface area contributed by atoms with Gasteiger partial charge in [0.1, 0.15) is 5.15 Å². The molecule has 2 aromatic heterocycles. The molecule has 3 nitrogen and oxygen atoms in total. The second kappa shape index (κ2) is 5.54. The van der Waals surface area contributed by atoms with Gasteiger partial charge in [-0.2, -0.15) is 0 Å². The minimum atomic E-state index is -0.0408. The molecule has 0 fully saturated rings. The van der Waals surface area contributed by atoms with Crippen molar-refractivity contribution in [1.82, 2.24) is 4.98 Å². The highest BCUT2D eigenvalue weighted by molar-refractivity contribution is 7.10. The maximum absolute atomic E-state index is 12.5. The largest absolute Gasteiger partial charge is 0.324 e. The quantitative estimate of drug-likeness (QED) is 0.846. The lowest BCUT2D eigenvalue weighted by Crippen LogP contribution is -2.23. The zero-order chi connectivity index (χ0) is 14.1. The van der Waals surface area contributed by atoms with Gasteiger partial charge in [-0.1, -0.05) is 11.6 Å². The first-order chi connectivity index (χ1) is 9.65. The van der Waals surface area contributed by atoms with Gasteiger partial charge >= 0.3 is 0 Å². The summed E-state index contributed by atoms with van der Waals surface area (Å²) in [6, 6.07) is 3.93. The average Bonchev–Trinajstić information content (AvgIpc) is 2.91. The van der Waals surface area contributed by atoms with Gasteiger partial charge in [0.2, 0.25) is 5.91 Å². The number of aryl methyl sites for hydroxylation is 2. The summed E-state index contributed by atoms with van der Waals surface area (Å²) in [6.45, 7) is 1.88. The summed E-state index contributed by atoms with van der Waals surface area (Å²) in [5.41, 5.74) is 2.76. The molecule has 5 heteroatoms. The van der Waals surface area contributed by atoms with E-state index < -0.39 is 0 Å². The van der Waals surface area contributed by atoms with Crippen LogP contribution in [0.5, 0.6) is 0 Å². The van der Waals surface area contributed by atoms with Crippen molar-refractivity contribution in [2.75, 3.05) is 5.32 Å². The summed E-state index contributed by atoms with van der Waals surface area (Å²) >= 11 is 7.64. The van der Waals surface area contributed by atoms with E-state index >= 15 is 0 Å². The van der Waals surface area contributed by atoms with Gasteiger partial charge in [0, 0.05) is 4.88 Å². The van der Waals surface area contributed by atoms with Gasteiger partial charge in [-0.3, -0.25) is 4.79 Å². The van der Waals surface area contributed by atoms with Gasteiger partial charge in [0.05, 0.1) is 17.8 Å². The van der Waals surface area contributed by atoms with E-state index in [2.05, 4.69) is 21.7 Å². The van der Waals surface area contributed by atoms with Crippen LogP contribution in [0.1, 0.15) is 34.8 Å². The Morgan fingerprint density at radius 1 is 1.55 bits per heavy atom. The summed E-state index contributed by atoms with van der Waals surface area (Å²) in [4.78, 5) is 17.9. The fraction of sp³-hybridized carbons (Fsp3) is 0.333. The lowest BCUT2D eigenvalue weighted by molar-refractivity contribution is -0.117. The van der Waals surface area contributed by atoms with Crippen molar-refractivity contribution in [3.8, 4) is 0 Å². The highest BCUT2D eigenvalue weighted by Crippen LogP contribution is 2.35. The van der Waals surface area contributed by atoms with Crippen LogP contribution in [0.4, 0.5) is 5.69 Å². The van der Waals surface area contributed by atoms with Crippen molar-refractivity contribution in [2.45, 2.75) is 32.1 Å². The second-order valence-corrected chi connectivity index (χ2v) is 6.42. The molecule has 1 N–H and O–H groups in total. The summed E-state index contributed by atoms with van der Waals surface area (Å²) in [7, 11) is 0. The maximum Gasteiger partial charge on any atom is 0.231 e. The molecule has 3 rings (SSSR count). The Kier molecular flexibility index (Phi) is 3.76. The number of nitrogens with one attached hydrogen (secondary N) is 1. The average molecular weight is 307 g/mol. The van der Waals surface area contributed by atoms with E-state index in [1.54, 1.807) is 17.5 Å². The Morgan fingerprint density at radius 3 is 3.20 bits per heavy atom. The first-order valence-electron chi connectivity index (χ1n) is 6.64. The molecule has 0 saturated carbocycles. The lowest BCUT2D eigenvalue weighted by Gasteiger charge is -2.21. The second-order valence-electron chi connectivity index (χ2n) is 5.06. The standard InChI is InChI=1S/C15H15ClN2OS/c1-9-7-10(8-17-14(9)16)18-15(19)12-3-2-4-13-11(12)5-6-20-13/h5-8,12H,2-4H2,1H3,(H,18,19). The monoisotopic (exact) mass is 306 g/mol. The first kappa shape index (κ1) is 13.6. The van der Waals surface area contributed by atoms with Gasteiger partial charge in [-0.25, -0.2) is 4.98 Å². The van der Waals surface area contributed by atoms with Crippen LogP contribution in [-0.2, 0) is 11.2 Å². The van der Waals surface area contributed by atoms with Crippen molar-refractivity contribution < 1.29 is 4.79 Å². The number of rotatable bonds is 2. The van der Waals surface area contributed by atoms with E-state index in [1.807, 2.05) is 13.0 Å². The molecule has 20 heavy (non-hydrogen) atoms. The summed E-state index contributed by atoms with van der Waals surface area (Å²) in [5.74, 6) is 0.00820. The number of thiophene rings is 1. The van der Waals surface area contributed by atoms with Crippen LogP contribution in [0, 0.1) is 6.92 Å². The van der Waals surface area contributed by atoms with Crippen LogP contribution in [0.25, 0.3) is 0 Å². The fourth-order valence-corrected chi connectivity index (χ4v) is 3.71. The predicted octanol–water partition coefficient (Wildman–Crippen LogP) is 4.16. The topological polar surface area (TPSA) is 42.0 Å². The number of nitrogens with zero attached hydrogens (tertiary/aromatic N) is 1. The molecular weight excluding hydrogens is 292 g/mol. The molecule has 1 unspecified atom stereocenters. The molecule has 1 aliphatic carbocycles. The number of hydrogen-bond donors (Lipinski definition) is 1. The van der Waals surface area contributed by atoms with Crippen molar-refractivity contribution in [3.63, 3.8) is 0 Å². The van der Waals surface area contributed by atoms with Crippen molar-refractivity contribution in [1.29, 1.82) is 0 Å². The Balaban J connectivity index is 1.79. The summed E-state index contributed by atoms with van der Waals surface area (Å²) in [6.07, 6.45) is 4.68. The molecule has 0 saturated heterocycles. The highest BCUT2D eigenvalue weighted by atomic mass is 35.5. The molecule has 1 amide bonds. The van der Waals surface area contributed by atoms with E-state index in [4.69, 9.17) is 11.6 Å². The molecule has 2 aromatic rings. The van der Waals surface area contributed by atoms with E-state index in [9.17, 15) is 4.79 Å². The molecule has 2 heterocycles. The Labute approximate surface area is 127 Å². The van der Waals surface area contributed by atoms with E-state index in [0.29, 0.717) is 10.8 Å². The molecule has 0 spiro atoms. The number of hydrogen-bond acceptors (Lipinski definition) is 3. The minimum Gasteiger partial charge on any atom is -0.324 e. The third kappa shape index (κ3) is 2.58. The van der Waals surface area contributed by atoms with Crippen molar-refractivity contribution >= 4 is 34.5 Å². The Bertz CT molecular complexity index is 653. The number of carbonyl (C=O) groups is 1. The van der Waals surface area contributed by atoms with Crippen LogP contribution >= 0.6 is 22.9 Å². The number of fused-ring (bicyclic) bond motifs is 1. The molecular formula is C15H15ClN2OS. The van der Waals surface area contributed by atoms with Gasteiger partial charge in [0.25, 0.3) is 0 Å². The number of aromatic nitrogens is 1. The molecule has 1 aliphatic rings.